The summed E-state index contributed by atoms with van der Waals surface area (Å²) in [5.74, 6) is 1.80. The van der Waals surface area contributed by atoms with Gasteiger partial charge in [-0.2, -0.15) is 0 Å². The van der Waals surface area contributed by atoms with Crippen LogP contribution in [-0.4, -0.2) is 30.7 Å². The molecule has 2 atom stereocenters. The highest BCUT2D eigenvalue weighted by Gasteiger charge is 2.33. The molecule has 0 amide bonds. The van der Waals surface area contributed by atoms with Crippen LogP contribution in [0, 0.1) is 5.92 Å². The number of anilines is 1. The summed E-state index contributed by atoms with van der Waals surface area (Å²) in [6.07, 6.45) is 4.22. The van der Waals surface area contributed by atoms with Crippen molar-refractivity contribution in [1.82, 2.24) is 10.3 Å². The monoisotopic (exact) mass is 315 g/mol. The molecule has 1 N–H and O–H groups in total. The van der Waals surface area contributed by atoms with E-state index in [4.69, 9.17) is 11.6 Å². The molecule has 0 spiro atoms. The van der Waals surface area contributed by atoms with Gasteiger partial charge in [0.2, 0.25) is 0 Å². The van der Waals surface area contributed by atoms with Crippen LogP contribution in [0.2, 0.25) is 5.02 Å². The van der Waals surface area contributed by atoms with Crippen molar-refractivity contribution in [2.75, 3.05) is 24.5 Å². The highest BCUT2D eigenvalue weighted by atomic mass is 79.9. The van der Waals surface area contributed by atoms with Gasteiger partial charge in [0.1, 0.15) is 5.82 Å². The van der Waals surface area contributed by atoms with Gasteiger partial charge in [-0.3, -0.25) is 0 Å². The van der Waals surface area contributed by atoms with E-state index in [0.29, 0.717) is 5.02 Å². The van der Waals surface area contributed by atoms with Crippen LogP contribution in [0.1, 0.15) is 12.8 Å². The Hall–Kier alpha value is -0.320. The fraction of sp³-hybridized carbons (Fsp3) is 0.583. The van der Waals surface area contributed by atoms with Gasteiger partial charge in [0, 0.05) is 25.3 Å². The summed E-state index contributed by atoms with van der Waals surface area (Å²) in [4.78, 5) is 6.81. The molecule has 2 unspecified atom stereocenters. The number of pyridine rings is 1. The van der Waals surface area contributed by atoms with Crippen molar-refractivity contribution in [3.05, 3.63) is 21.8 Å². The summed E-state index contributed by atoms with van der Waals surface area (Å²) >= 11 is 9.47. The normalized spacial score (nSPS) is 28.2. The zero-order chi connectivity index (χ0) is 11.8. The number of piperidine rings is 1. The Morgan fingerprint density at radius 3 is 3.18 bits per heavy atom. The Balaban J connectivity index is 1.80. The maximum atomic E-state index is 5.92. The molecule has 0 aliphatic carbocycles. The summed E-state index contributed by atoms with van der Waals surface area (Å²) in [6, 6.07) is 2.64. The molecule has 3 rings (SSSR count). The zero-order valence-corrected chi connectivity index (χ0v) is 11.8. The van der Waals surface area contributed by atoms with Crippen LogP contribution in [0.5, 0.6) is 0 Å². The second kappa shape index (κ2) is 4.75. The van der Waals surface area contributed by atoms with Gasteiger partial charge in [0.25, 0.3) is 0 Å². The number of halogens is 2. The lowest BCUT2D eigenvalue weighted by molar-refractivity contribution is 0.374. The minimum absolute atomic E-state index is 0.679. The minimum atomic E-state index is 0.679. The van der Waals surface area contributed by atoms with Gasteiger partial charge >= 0.3 is 0 Å². The predicted molar refractivity (Wildman–Crippen MR) is 73.7 cm³/mol. The summed E-state index contributed by atoms with van der Waals surface area (Å²) in [6.45, 7) is 3.34. The number of hydrogen-bond acceptors (Lipinski definition) is 3. The van der Waals surface area contributed by atoms with E-state index in [0.717, 1.165) is 35.3 Å². The molecule has 1 aromatic rings. The van der Waals surface area contributed by atoms with Crippen molar-refractivity contribution in [1.29, 1.82) is 0 Å². The molecule has 1 aromatic heterocycles. The van der Waals surface area contributed by atoms with Gasteiger partial charge in [-0.1, -0.05) is 11.6 Å². The number of nitrogens with zero attached hydrogens (tertiary/aromatic N) is 2. The topological polar surface area (TPSA) is 28.2 Å². The van der Waals surface area contributed by atoms with Crippen LogP contribution < -0.4 is 10.2 Å². The van der Waals surface area contributed by atoms with E-state index in [1.54, 1.807) is 6.20 Å². The fourth-order valence-electron chi connectivity index (χ4n) is 2.88. The second-order valence-electron chi connectivity index (χ2n) is 4.80. The van der Waals surface area contributed by atoms with E-state index in [2.05, 4.69) is 31.1 Å². The van der Waals surface area contributed by atoms with Gasteiger partial charge in [0.05, 0.1) is 9.50 Å². The Bertz CT molecular complexity index is 426. The SMILES string of the molecule is Clc1cnc(N2CCC3NCCC3C2)c(Br)c1. The third-order valence-electron chi connectivity index (χ3n) is 3.74. The maximum absolute atomic E-state index is 5.92. The molecule has 3 heterocycles. The molecular weight excluding hydrogens is 302 g/mol. The lowest BCUT2D eigenvalue weighted by Crippen LogP contribution is -2.44. The first-order valence-electron chi connectivity index (χ1n) is 6.03. The van der Waals surface area contributed by atoms with E-state index in [1.165, 1.54) is 19.4 Å². The predicted octanol–water partition coefficient (Wildman–Crippen LogP) is 2.69. The fourth-order valence-corrected chi connectivity index (χ4v) is 3.77. The van der Waals surface area contributed by atoms with Crippen molar-refractivity contribution in [3.8, 4) is 0 Å². The number of nitrogens with one attached hydrogen (secondary N) is 1. The molecule has 0 saturated carbocycles. The molecule has 5 heteroatoms. The molecule has 0 radical (unpaired) electrons. The summed E-state index contributed by atoms with van der Waals surface area (Å²) < 4.78 is 0.995. The van der Waals surface area contributed by atoms with Crippen LogP contribution in [0.4, 0.5) is 5.82 Å². The van der Waals surface area contributed by atoms with E-state index >= 15 is 0 Å². The molecule has 2 aliphatic heterocycles. The van der Waals surface area contributed by atoms with E-state index in [-0.39, 0.29) is 0 Å². The number of hydrogen-bond donors (Lipinski definition) is 1. The number of fused-ring (bicyclic) bond motifs is 1. The number of rotatable bonds is 1. The summed E-state index contributed by atoms with van der Waals surface area (Å²) in [5.41, 5.74) is 0. The quantitative estimate of drug-likeness (QED) is 0.863. The smallest absolute Gasteiger partial charge is 0.142 e. The van der Waals surface area contributed by atoms with Gasteiger partial charge in [-0.05, 0) is 47.3 Å². The molecule has 17 heavy (non-hydrogen) atoms. The van der Waals surface area contributed by atoms with Crippen molar-refractivity contribution >= 4 is 33.3 Å². The van der Waals surface area contributed by atoms with Crippen LogP contribution in [0.3, 0.4) is 0 Å². The highest BCUT2D eigenvalue weighted by molar-refractivity contribution is 9.10. The number of aromatic nitrogens is 1. The zero-order valence-electron chi connectivity index (χ0n) is 9.50. The summed E-state index contributed by atoms with van der Waals surface area (Å²) in [5, 5.41) is 4.25. The van der Waals surface area contributed by atoms with Crippen molar-refractivity contribution < 1.29 is 0 Å². The van der Waals surface area contributed by atoms with E-state index in [1.807, 2.05) is 6.07 Å². The van der Waals surface area contributed by atoms with Gasteiger partial charge < -0.3 is 10.2 Å². The second-order valence-corrected chi connectivity index (χ2v) is 6.09. The first-order chi connectivity index (χ1) is 8.24. The average Bonchev–Trinajstić information content (AvgIpc) is 2.75. The average molecular weight is 317 g/mol. The molecular formula is C12H15BrClN3. The van der Waals surface area contributed by atoms with Crippen molar-refractivity contribution in [2.24, 2.45) is 5.92 Å². The third kappa shape index (κ3) is 2.30. The first kappa shape index (κ1) is 11.8. The Kier molecular flexibility index (Phi) is 3.28. The molecule has 0 aromatic carbocycles. The molecule has 2 aliphatic rings. The minimum Gasteiger partial charge on any atom is -0.355 e. The first-order valence-corrected chi connectivity index (χ1v) is 7.20. The van der Waals surface area contributed by atoms with Gasteiger partial charge in [-0.25, -0.2) is 4.98 Å². The molecule has 0 bridgehead atoms. The Labute approximate surface area is 115 Å². The maximum Gasteiger partial charge on any atom is 0.142 e. The van der Waals surface area contributed by atoms with Crippen LogP contribution in [0.25, 0.3) is 0 Å². The van der Waals surface area contributed by atoms with Crippen molar-refractivity contribution in [2.45, 2.75) is 18.9 Å². The van der Waals surface area contributed by atoms with Crippen LogP contribution >= 0.6 is 27.5 Å². The van der Waals surface area contributed by atoms with Crippen LogP contribution in [-0.2, 0) is 0 Å². The molecule has 3 nitrogen and oxygen atoms in total. The Morgan fingerprint density at radius 2 is 2.35 bits per heavy atom. The largest absolute Gasteiger partial charge is 0.355 e. The van der Waals surface area contributed by atoms with E-state index in [9.17, 15) is 0 Å². The Morgan fingerprint density at radius 1 is 1.47 bits per heavy atom. The van der Waals surface area contributed by atoms with Crippen molar-refractivity contribution in [3.63, 3.8) is 0 Å². The van der Waals surface area contributed by atoms with E-state index < -0.39 is 0 Å². The highest BCUT2D eigenvalue weighted by Crippen LogP contribution is 2.32. The van der Waals surface area contributed by atoms with Crippen LogP contribution in [0.15, 0.2) is 16.7 Å². The van der Waals surface area contributed by atoms with Gasteiger partial charge in [0.15, 0.2) is 0 Å². The third-order valence-corrected chi connectivity index (χ3v) is 4.53. The standard InChI is InChI=1S/C12H15BrClN3/c13-10-5-9(14)6-16-12(10)17-4-2-11-8(7-17)1-3-15-11/h5-6,8,11,15H,1-4,7H2. The molecule has 2 fully saturated rings. The van der Waals surface area contributed by atoms with Gasteiger partial charge in [-0.15, -0.1) is 0 Å². The molecule has 2 saturated heterocycles. The lowest BCUT2D eigenvalue weighted by atomic mass is 9.93. The lowest BCUT2D eigenvalue weighted by Gasteiger charge is -2.36. The summed E-state index contributed by atoms with van der Waals surface area (Å²) in [7, 11) is 0. The molecule has 92 valence electrons.